The Bertz CT molecular complexity index is 332. The van der Waals surface area contributed by atoms with Crippen LogP contribution in [0.4, 0.5) is 0 Å². The van der Waals surface area contributed by atoms with Gasteiger partial charge in [0.1, 0.15) is 0 Å². The molecule has 1 aromatic rings. The van der Waals surface area contributed by atoms with E-state index in [1.807, 2.05) is 0 Å². The molecule has 0 bridgehead atoms. The van der Waals surface area contributed by atoms with E-state index in [4.69, 9.17) is 0 Å². The highest BCUT2D eigenvalue weighted by Crippen LogP contribution is 2.40. The first-order valence-corrected chi connectivity index (χ1v) is 5.50. The summed E-state index contributed by atoms with van der Waals surface area (Å²) in [6.45, 7) is 5.95. The molecule has 0 aliphatic heterocycles. The Kier molecular flexibility index (Phi) is 2.72. The first kappa shape index (κ1) is 9.51. The molecular formula is C14H17. The van der Waals surface area contributed by atoms with E-state index in [0.29, 0.717) is 0 Å². The Balaban J connectivity index is 2.30. The molecule has 0 aromatic heterocycles. The van der Waals surface area contributed by atoms with Crippen molar-refractivity contribution in [2.45, 2.75) is 38.5 Å². The van der Waals surface area contributed by atoms with Gasteiger partial charge in [-0.1, -0.05) is 38.1 Å². The second-order valence-corrected chi connectivity index (χ2v) is 4.16. The van der Waals surface area contributed by atoms with Gasteiger partial charge in [0, 0.05) is 0 Å². The standard InChI is InChI=1S/C14H17/c1-3-5-12-8-11(4-2)9-14(10-12)13-6-7-13/h8-10,13H,2-3,5-7H2,1H3. The second kappa shape index (κ2) is 4.00. The molecule has 1 saturated carbocycles. The molecule has 0 heterocycles. The zero-order chi connectivity index (χ0) is 9.97. The van der Waals surface area contributed by atoms with Crippen molar-refractivity contribution in [3.63, 3.8) is 0 Å². The van der Waals surface area contributed by atoms with E-state index in [9.17, 15) is 0 Å². The number of hydrogen-bond acceptors (Lipinski definition) is 0. The van der Waals surface area contributed by atoms with Crippen LogP contribution in [-0.4, -0.2) is 0 Å². The maximum Gasteiger partial charge on any atom is -0.0161 e. The molecule has 0 N–H and O–H groups in total. The third kappa shape index (κ3) is 2.06. The van der Waals surface area contributed by atoms with Crippen LogP contribution in [0.5, 0.6) is 0 Å². The van der Waals surface area contributed by atoms with Crippen LogP contribution in [0.3, 0.4) is 0 Å². The monoisotopic (exact) mass is 185 g/mol. The summed E-state index contributed by atoms with van der Waals surface area (Å²) in [4.78, 5) is 0. The quantitative estimate of drug-likeness (QED) is 0.668. The van der Waals surface area contributed by atoms with E-state index in [2.05, 4.69) is 37.8 Å². The van der Waals surface area contributed by atoms with Gasteiger partial charge >= 0.3 is 0 Å². The van der Waals surface area contributed by atoms with Gasteiger partial charge in [-0.2, -0.15) is 0 Å². The van der Waals surface area contributed by atoms with Crippen molar-refractivity contribution >= 4 is 0 Å². The Morgan fingerprint density at radius 1 is 1.36 bits per heavy atom. The van der Waals surface area contributed by atoms with Crippen LogP contribution in [0.1, 0.15) is 48.8 Å². The lowest BCUT2D eigenvalue weighted by molar-refractivity contribution is 0.915. The molecule has 1 fully saturated rings. The highest BCUT2D eigenvalue weighted by molar-refractivity contribution is 5.36. The Labute approximate surface area is 86.7 Å². The van der Waals surface area contributed by atoms with Gasteiger partial charge in [0.15, 0.2) is 0 Å². The van der Waals surface area contributed by atoms with E-state index in [0.717, 1.165) is 11.5 Å². The molecular weight excluding hydrogens is 168 g/mol. The molecule has 14 heavy (non-hydrogen) atoms. The maximum atomic E-state index is 3.73. The summed E-state index contributed by atoms with van der Waals surface area (Å²) in [6.07, 6.45) is 8.12. The van der Waals surface area contributed by atoms with Crippen LogP contribution in [0.2, 0.25) is 0 Å². The zero-order valence-electron chi connectivity index (χ0n) is 8.84. The first-order valence-electron chi connectivity index (χ1n) is 5.50. The Morgan fingerprint density at radius 3 is 2.71 bits per heavy atom. The fourth-order valence-electron chi connectivity index (χ4n) is 1.91. The maximum absolute atomic E-state index is 3.73. The molecule has 1 aromatic carbocycles. The summed E-state index contributed by atoms with van der Waals surface area (Å²) in [6, 6.07) is 6.81. The number of hydrogen-bond donors (Lipinski definition) is 0. The van der Waals surface area contributed by atoms with Crippen molar-refractivity contribution in [1.82, 2.24) is 0 Å². The molecule has 2 rings (SSSR count). The smallest absolute Gasteiger partial charge is 0.0161 e. The largest absolute Gasteiger partial charge is 0.0906 e. The molecule has 0 unspecified atom stereocenters. The summed E-state index contributed by atoms with van der Waals surface area (Å²) in [7, 11) is 0. The summed E-state index contributed by atoms with van der Waals surface area (Å²) in [5, 5.41) is 0. The molecule has 73 valence electrons. The summed E-state index contributed by atoms with van der Waals surface area (Å²) < 4.78 is 0. The van der Waals surface area contributed by atoms with Crippen LogP contribution in [0.15, 0.2) is 24.8 Å². The lowest BCUT2D eigenvalue weighted by Crippen LogP contribution is -1.89. The molecule has 0 spiro atoms. The normalized spacial score (nSPS) is 15.5. The van der Waals surface area contributed by atoms with Crippen LogP contribution in [0, 0.1) is 6.08 Å². The average molecular weight is 185 g/mol. The highest BCUT2D eigenvalue weighted by Gasteiger charge is 2.23. The lowest BCUT2D eigenvalue weighted by atomic mass is 10.00. The highest BCUT2D eigenvalue weighted by atomic mass is 14.3. The van der Waals surface area contributed by atoms with Crippen molar-refractivity contribution in [2.75, 3.05) is 0 Å². The molecule has 1 aliphatic rings. The third-order valence-corrected chi connectivity index (χ3v) is 2.81. The number of benzene rings is 1. The summed E-state index contributed by atoms with van der Waals surface area (Å²) >= 11 is 0. The molecule has 1 aliphatic carbocycles. The second-order valence-electron chi connectivity index (χ2n) is 4.16. The van der Waals surface area contributed by atoms with E-state index in [1.54, 1.807) is 0 Å². The molecule has 0 nitrogen and oxygen atoms in total. The van der Waals surface area contributed by atoms with Crippen molar-refractivity contribution in [3.8, 4) is 0 Å². The van der Waals surface area contributed by atoms with Crippen molar-refractivity contribution in [1.29, 1.82) is 0 Å². The minimum absolute atomic E-state index is 0.832. The van der Waals surface area contributed by atoms with Crippen molar-refractivity contribution < 1.29 is 0 Å². The fraction of sp³-hybridized carbons (Fsp3) is 0.429. The predicted octanol–water partition coefficient (Wildman–Crippen LogP) is 3.85. The lowest BCUT2D eigenvalue weighted by Gasteiger charge is -2.05. The molecule has 0 atom stereocenters. The third-order valence-electron chi connectivity index (χ3n) is 2.81. The van der Waals surface area contributed by atoms with Gasteiger partial charge in [-0.3, -0.25) is 0 Å². The number of rotatable bonds is 4. The van der Waals surface area contributed by atoms with Gasteiger partial charge in [0.2, 0.25) is 0 Å². The van der Waals surface area contributed by atoms with Gasteiger partial charge in [0.05, 0.1) is 0 Å². The van der Waals surface area contributed by atoms with Crippen LogP contribution in [0.25, 0.3) is 0 Å². The van der Waals surface area contributed by atoms with Gasteiger partial charge in [-0.15, -0.1) is 0 Å². The van der Waals surface area contributed by atoms with E-state index in [-0.39, 0.29) is 0 Å². The average Bonchev–Trinajstić information content (AvgIpc) is 3.01. The van der Waals surface area contributed by atoms with E-state index < -0.39 is 0 Å². The topological polar surface area (TPSA) is 0 Å². The SMILES string of the molecule is C=[C]c1cc(CCC)cc(C2CC2)c1. The Hall–Kier alpha value is -1.04. The van der Waals surface area contributed by atoms with E-state index in [1.165, 1.54) is 36.8 Å². The van der Waals surface area contributed by atoms with Crippen LogP contribution in [-0.2, 0) is 6.42 Å². The van der Waals surface area contributed by atoms with Crippen LogP contribution < -0.4 is 0 Å². The molecule has 0 heteroatoms. The van der Waals surface area contributed by atoms with E-state index >= 15 is 0 Å². The van der Waals surface area contributed by atoms with Gasteiger partial charge in [0.25, 0.3) is 0 Å². The molecule has 0 saturated heterocycles. The molecule has 1 radical (unpaired) electrons. The van der Waals surface area contributed by atoms with Crippen molar-refractivity contribution in [2.24, 2.45) is 0 Å². The predicted molar refractivity (Wildman–Crippen MR) is 60.4 cm³/mol. The van der Waals surface area contributed by atoms with Crippen LogP contribution >= 0.6 is 0 Å². The minimum atomic E-state index is 0.832. The summed E-state index contributed by atoms with van der Waals surface area (Å²) in [5.74, 6) is 0.832. The zero-order valence-corrected chi connectivity index (χ0v) is 8.84. The van der Waals surface area contributed by atoms with Gasteiger partial charge in [-0.05, 0) is 47.9 Å². The number of aryl methyl sites for hydroxylation is 1. The first-order chi connectivity index (χ1) is 6.83. The Morgan fingerprint density at radius 2 is 2.14 bits per heavy atom. The summed E-state index contributed by atoms with van der Waals surface area (Å²) in [5.41, 5.74) is 4.11. The fourth-order valence-corrected chi connectivity index (χ4v) is 1.91. The van der Waals surface area contributed by atoms with Crippen molar-refractivity contribution in [3.05, 3.63) is 47.5 Å². The van der Waals surface area contributed by atoms with Gasteiger partial charge in [-0.25, -0.2) is 0 Å². The van der Waals surface area contributed by atoms with Gasteiger partial charge < -0.3 is 0 Å². The molecule has 0 amide bonds. The minimum Gasteiger partial charge on any atom is -0.0906 e.